The van der Waals surface area contributed by atoms with Crippen molar-refractivity contribution in [1.29, 1.82) is 0 Å². The van der Waals surface area contributed by atoms with Gasteiger partial charge >= 0.3 is 0 Å². The second-order valence-electron chi connectivity index (χ2n) is 3.05. The lowest BCUT2D eigenvalue weighted by atomic mass is 10.0. The third-order valence-electron chi connectivity index (χ3n) is 2.14. The Balaban J connectivity index is 0.000000980. The van der Waals surface area contributed by atoms with E-state index < -0.39 is 0 Å². The van der Waals surface area contributed by atoms with Crippen molar-refractivity contribution >= 4 is 24.0 Å². The largest absolute Gasteiger partial charge is 0.265 e. The van der Waals surface area contributed by atoms with Gasteiger partial charge in [0.25, 0.3) is 0 Å². The smallest absolute Gasteiger partial charge is 0.0273 e. The minimum atomic E-state index is 0. The van der Waals surface area contributed by atoms with Gasteiger partial charge in [0.2, 0.25) is 0 Å². The highest BCUT2D eigenvalue weighted by Gasteiger charge is 1.98. The predicted octanol–water partition coefficient (Wildman–Crippen LogP) is 3.68. The highest BCUT2D eigenvalue weighted by Crippen LogP contribution is 2.21. The third-order valence-corrected chi connectivity index (χ3v) is 2.14. The van der Waals surface area contributed by atoms with E-state index in [9.17, 15) is 0 Å². The molecule has 1 aromatic heterocycles. The van der Waals surface area contributed by atoms with Crippen molar-refractivity contribution in [2.45, 2.75) is 6.92 Å². The zero-order valence-electron chi connectivity index (χ0n) is 7.97. The average molecular weight is 297 g/mol. The quantitative estimate of drug-likeness (QED) is 0.732. The van der Waals surface area contributed by atoms with Crippen molar-refractivity contribution in [1.82, 2.24) is 4.98 Å². The van der Waals surface area contributed by atoms with E-state index in [0.29, 0.717) is 0 Å². The van der Waals surface area contributed by atoms with Crippen LogP contribution in [0.25, 0.3) is 11.1 Å². The van der Waals surface area contributed by atoms with Crippen molar-refractivity contribution in [3.05, 3.63) is 54.4 Å². The van der Waals surface area contributed by atoms with Crippen molar-refractivity contribution < 1.29 is 0 Å². The van der Waals surface area contributed by atoms with Crippen molar-refractivity contribution in [3.8, 4) is 11.1 Å². The van der Waals surface area contributed by atoms with Gasteiger partial charge in [0.15, 0.2) is 0 Å². The van der Waals surface area contributed by atoms with Gasteiger partial charge in [0.1, 0.15) is 0 Å². The van der Waals surface area contributed by atoms with Crippen LogP contribution in [-0.2, 0) is 0 Å². The molecule has 14 heavy (non-hydrogen) atoms. The molecular weight excluding hydrogens is 285 g/mol. The van der Waals surface area contributed by atoms with Crippen molar-refractivity contribution in [2.24, 2.45) is 0 Å². The Bertz CT molecular complexity index is 398. The number of rotatable bonds is 1. The van der Waals surface area contributed by atoms with Crippen molar-refractivity contribution in [2.75, 3.05) is 0 Å². The van der Waals surface area contributed by atoms with Gasteiger partial charge < -0.3 is 0 Å². The minimum Gasteiger partial charge on any atom is -0.265 e. The van der Waals surface area contributed by atoms with Gasteiger partial charge in [-0.25, -0.2) is 0 Å². The molecular formula is C12H12IN. The topological polar surface area (TPSA) is 12.9 Å². The second kappa shape index (κ2) is 5.10. The fourth-order valence-corrected chi connectivity index (χ4v) is 1.43. The third kappa shape index (κ3) is 2.32. The summed E-state index contributed by atoms with van der Waals surface area (Å²) in [5.41, 5.74) is 3.81. The Labute approximate surface area is 101 Å². The molecule has 0 radical (unpaired) electrons. The summed E-state index contributed by atoms with van der Waals surface area (Å²) in [4.78, 5) is 4.00. The Kier molecular flexibility index (Phi) is 4.07. The van der Waals surface area contributed by atoms with Gasteiger partial charge in [-0.3, -0.25) is 4.98 Å². The van der Waals surface area contributed by atoms with Gasteiger partial charge in [-0.15, -0.1) is 24.0 Å². The molecule has 2 rings (SSSR count). The number of hydrogen-bond acceptors (Lipinski definition) is 1. The molecule has 2 heteroatoms. The molecule has 1 nitrogen and oxygen atoms in total. The number of halogens is 1. The minimum absolute atomic E-state index is 0. The monoisotopic (exact) mass is 297 g/mol. The molecule has 0 atom stereocenters. The molecule has 0 N–H and O–H groups in total. The van der Waals surface area contributed by atoms with Gasteiger partial charge in [0.05, 0.1) is 0 Å². The first kappa shape index (κ1) is 11.2. The highest BCUT2D eigenvalue weighted by molar-refractivity contribution is 14.0. The molecule has 0 aliphatic heterocycles. The summed E-state index contributed by atoms with van der Waals surface area (Å²) >= 11 is 0. The van der Waals surface area contributed by atoms with Crippen LogP contribution in [0.2, 0.25) is 0 Å². The Morgan fingerprint density at radius 1 is 0.929 bits per heavy atom. The fraction of sp³-hybridized carbons (Fsp3) is 0.0833. The summed E-state index contributed by atoms with van der Waals surface area (Å²) in [7, 11) is 0. The van der Waals surface area contributed by atoms with Crippen LogP contribution in [0.15, 0.2) is 48.8 Å². The normalized spacial score (nSPS) is 9.21. The Hall–Kier alpha value is -0.900. The van der Waals surface area contributed by atoms with E-state index in [2.05, 4.69) is 36.2 Å². The lowest BCUT2D eigenvalue weighted by Crippen LogP contribution is -1.81. The average Bonchev–Trinajstić information content (AvgIpc) is 2.20. The zero-order valence-corrected chi connectivity index (χ0v) is 10.3. The molecule has 72 valence electrons. The predicted molar refractivity (Wildman–Crippen MR) is 69.8 cm³/mol. The highest BCUT2D eigenvalue weighted by atomic mass is 127. The fourth-order valence-electron chi connectivity index (χ4n) is 1.43. The van der Waals surface area contributed by atoms with Gasteiger partial charge in [-0.1, -0.05) is 24.3 Å². The molecule has 0 saturated heterocycles. The van der Waals surface area contributed by atoms with E-state index in [-0.39, 0.29) is 24.0 Å². The molecule has 0 saturated carbocycles. The first-order valence-electron chi connectivity index (χ1n) is 4.34. The maximum atomic E-state index is 4.00. The molecule has 0 fully saturated rings. The number of aromatic nitrogens is 1. The SMILES string of the molecule is Cc1ccccc1-c1ccncc1.I. The number of pyridine rings is 1. The summed E-state index contributed by atoms with van der Waals surface area (Å²) in [6.07, 6.45) is 3.64. The van der Waals surface area contributed by atoms with Crippen LogP contribution >= 0.6 is 24.0 Å². The molecule has 0 aliphatic carbocycles. The van der Waals surface area contributed by atoms with E-state index in [0.717, 1.165) is 0 Å². The Morgan fingerprint density at radius 2 is 1.57 bits per heavy atom. The summed E-state index contributed by atoms with van der Waals surface area (Å²) in [6.45, 7) is 2.12. The van der Waals surface area contributed by atoms with Crippen LogP contribution in [0.4, 0.5) is 0 Å². The first-order chi connectivity index (χ1) is 6.38. The van der Waals surface area contributed by atoms with Crippen LogP contribution in [0.1, 0.15) is 5.56 Å². The summed E-state index contributed by atoms with van der Waals surface area (Å²) in [5.74, 6) is 0. The Morgan fingerprint density at radius 3 is 2.21 bits per heavy atom. The maximum absolute atomic E-state index is 4.00. The zero-order chi connectivity index (χ0) is 9.10. The van der Waals surface area contributed by atoms with Crippen LogP contribution in [0.5, 0.6) is 0 Å². The van der Waals surface area contributed by atoms with Gasteiger partial charge in [0, 0.05) is 12.4 Å². The van der Waals surface area contributed by atoms with E-state index in [4.69, 9.17) is 0 Å². The van der Waals surface area contributed by atoms with Gasteiger partial charge in [-0.2, -0.15) is 0 Å². The van der Waals surface area contributed by atoms with Crippen LogP contribution in [-0.4, -0.2) is 4.98 Å². The molecule has 0 amide bonds. The standard InChI is InChI=1S/C12H11N.HI/c1-10-4-2-3-5-12(10)11-6-8-13-9-7-11;/h2-9H,1H3;1H. The summed E-state index contributed by atoms with van der Waals surface area (Å²) < 4.78 is 0. The molecule has 0 bridgehead atoms. The van der Waals surface area contributed by atoms with Crippen molar-refractivity contribution in [3.63, 3.8) is 0 Å². The van der Waals surface area contributed by atoms with E-state index in [1.807, 2.05) is 24.5 Å². The van der Waals surface area contributed by atoms with E-state index in [1.54, 1.807) is 0 Å². The molecule has 0 aliphatic rings. The number of hydrogen-bond donors (Lipinski definition) is 0. The van der Waals surface area contributed by atoms with Crippen LogP contribution in [0, 0.1) is 6.92 Å². The van der Waals surface area contributed by atoms with E-state index in [1.165, 1.54) is 16.7 Å². The lowest BCUT2D eigenvalue weighted by Gasteiger charge is -2.03. The number of nitrogens with zero attached hydrogens (tertiary/aromatic N) is 1. The number of benzene rings is 1. The van der Waals surface area contributed by atoms with E-state index >= 15 is 0 Å². The second-order valence-corrected chi connectivity index (χ2v) is 3.05. The molecule has 2 aromatic rings. The maximum Gasteiger partial charge on any atom is 0.0273 e. The molecule has 1 aromatic carbocycles. The van der Waals surface area contributed by atoms with Gasteiger partial charge in [-0.05, 0) is 35.7 Å². The number of aryl methyl sites for hydroxylation is 1. The summed E-state index contributed by atoms with van der Waals surface area (Å²) in [5, 5.41) is 0. The molecule has 0 spiro atoms. The van der Waals surface area contributed by atoms with Crippen LogP contribution in [0.3, 0.4) is 0 Å². The molecule has 1 heterocycles. The van der Waals surface area contributed by atoms with Crippen LogP contribution < -0.4 is 0 Å². The molecule has 0 unspecified atom stereocenters. The lowest BCUT2D eigenvalue weighted by molar-refractivity contribution is 1.32. The summed E-state index contributed by atoms with van der Waals surface area (Å²) in [6, 6.07) is 12.4. The first-order valence-corrected chi connectivity index (χ1v) is 4.34.